The Balaban J connectivity index is 3.14. The number of carbonyl (C=O) groups is 1. The van der Waals surface area contributed by atoms with Crippen molar-refractivity contribution in [1.82, 2.24) is 4.72 Å². The molecule has 0 spiro atoms. The molecule has 0 saturated carbocycles. The third kappa shape index (κ3) is 3.75. The lowest BCUT2D eigenvalue weighted by Crippen LogP contribution is -2.44. The second-order valence-electron chi connectivity index (χ2n) is 4.44. The number of nitro benzene ring substituents is 1. The number of sulfonamides is 1. The first-order valence-electron chi connectivity index (χ1n) is 5.64. The minimum absolute atomic E-state index is 0.349. The van der Waals surface area contributed by atoms with Crippen LogP contribution in [0.3, 0.4) is 0 Å². The molecule has 1 rings (SSSR count). The van der Waals surface area contributed by atoms with Gasteiger partial charge in [-0.3, -0.25) is 14.9 Å². The Bertz CT molecular complexity index is 626. The summed E-state index contributed by atoms with van der Waals surface area (Å²) >= 11 is 0. The molecular weight excluding hydrogens is 288 g/mol. The standard InChI is InChI=1S/C11H14N2O6S/c1-7(2)10(11(14)15)12-20(18,19)9-5-3-4-8(6-9)13(16)17/h3-7,10,12H,1-2H3,(H,14,15)/t10-/m1/s1. The van der Waals surface area contributed by atoms with Gasteiger partial charge >= 0.3 is 5.97 Å². The molecule has 0 aromatic heterocycles. The first-order chi connectivity index (χ1) is 9.15. The molecule has 0 heterocycles. The van der Waals surface area contributed by atoms with Crippen LogP contribution in [0.15, 0.2) is 29.2 Å². The fraction of sp³-hybridized carbons (Fsp3) is 0.364. The predicted octanol–water partition coefficient (Wildman–Crippen LogP) is 0.982. The van der Waals surface area contributed by atoms with Crippen molar-refractivity contribution in [2.45, 2.75) is 24.8 Å². The monoisotopic (exact) mass is 302 g/mol. The van der Waals surface area contributed by atoms with E-state index in [1.807, 2.05) is 4.72 Å². The van der Waals surface area contributed by atoms with E-state index in [2.05, 4.69) is 0 Å². The van der Waals surface area contributed by atoms with Gasteiger partial charge in [0.1, 0.15) is 6.04 Å². The molecular formula is C11H14N2O6S. The van der Waals surface area contributed by atoms with Gasteiger partial charge < -0.3 is 5.11 Å². The van der Waals surface area contributed by atoms with E-state index in [9.17, 15) is 23.3 Å². The highest BCUT2D eigenvalue weighted by atomic mass is 32.2. The highest BCUT2D eigenvalue weighted by Gasteiger charge is 2.28. The second kappa shape index (κ2) is 5.97. The molecule has 2 N–H and O–H groups in total. The van der Waals surface area contributed by atoms with Gasteiger partial charge in [-0.1, -0.05) is 19.9 Å². The average molecular weight is 302 g/mol. The van der Waals surface area contributed by atoms with Crippen LogP contribution in [0, 0.1) is 16.0 Å². The molecule has 1 atom stereocenters. The topological polar surface area (TPSA) is 127 Å². The molecule has 0 amide bonds. The molecule has 1 aromatic rings. The summed E-state index contributed by atoms with van der Waals surface area (Å²) in [4.78, 5) is 20.5. The van der Waals surface area contributed by atoms with E-state index in [0.717, 1.165) is 18.2 Å². The number of benzene rings is 1. The number of hydrogen-bond acceptors (Lipinski definition) is 5. The molecule has 9 heteroatoms. The number of aliphatic carboxylic acids is 1. The Hall–Kier alpha value is -2.00. The van der Waals surface area contributed by atoms with Crippen molar-refractivity contribution < 1.29 is 23.2 Å². The lowest BCUT2D eigenvalue weighted by atomic mass is 10.1. The molecule has 1 aromatic carbocycles. The Morgan fingerprint density at radius 1 is 1.40 bits per heavy atom. The molecule has 0 aliphatic heterocycles. The number of carboxylic acids is 1. The maximum atomic E-state index is 12.0. The number of hydrogen-bond donors (Lipinski definition) is 2. The molecule has 0 aliphatic carbocycles. The van der Waals surface area contributed by atoms with Crippen LogP contribution in [0.4, 0.5) is 5.69 Å². The first kappa shape index (κ1) is 16.1. The maximum Gasteiger partial charge on any atom is 0.322 e. The van der Waals surface area contributed by atoms with Crippen molar-refractivity contribution >= 4 is 21.7 Å². The number of nitrogens with one attached hydrogen (secondary N) is 1. The van der Waals surface area contributed by atoms with Crippen molar-refractivity contribution in [3.63, 3.8) is 0 Å². The Morgan fingerprint density at radius 3 is 2.45 bits per heavy atom. The fourth-order valence-electron chi connectivity index (χ4n) is 1.47. The van der Waals surface area contributed by atoms with Crippen LogP contribution in [0.5, 0.6) is 0 Å². The molecule has 0 saturated heterocycles. The number of non-ortho nitro benzene ring substituents is 1. The highest BCUT2D eigenvalue weighted by molar-refractivity contribution is 7.89. The molecule has 110 valence electrons. The van der Waals surface area contributed by atoms with Crippen molar-refractivity contribution in [1.29, 1.82) is 0 Å². The van der Waals surface area contributed by atoms with Crippen molar-refractivity contribution in [2.75, 3.05) is 0 Å². The molecule has 0 unspecified atom stereocenters. The van der Waals surface area contributed by atoms with E-state index >= 15 is 0 Å². The summed E-state index contributed by atoms with van der Waals surface area (Å²) in [5, 5.41) is 19.6. The Morgan fingerprint density at radius 2 is 2.00 bits per heavy atom. The van der Waals surface area contributed by atoms with Crippen molar-refractivity contribution in [3.05, 3.63) is 34.4 Å². The smallest absolute Gasteiger partial charge is 0.322 e. The summed E-state index contributed by atoms with van der Waals surface area (Å²) in [5.41, 5.74) is -0.385. The van der Waals surface area contributed by atoms with E-state index in [-0.39, 0.29) is 10.6 Å². The summed E-state index contributed by atoms with van der Waals surface area (Å²) in [7, 11) is -4.14. The van der Waals surface area contributed by atoms with Gasteiger partial charge in [-0.15, -0.1) is 0 Å². The summed E-state index contributed by atoms with van der Waals surface area (Å²) < 4.78 is 26.1. The van der Waals surface area contributed by atoms with Crippen LogP contribution in [0.25, 0.3) is 0 Å². The summed E-state index contributed by atoms with van der Waals surface area (Å²) in [6.07, 6.45) is 0. The third-order valence-corrected chi connectivity index (χ3v) is 3.99. The van der Waals surface area contributed by atoms with Gasteiger partial charge in [0.05, 0.1) is 9.82 Å². The van der Waals surface area contributed by atoms with Gasteiger partial charge in [0, 0.05) is 12.1 Å². The van der Waals surface area contributed by atoms with E-state index in [1.54, 1.807) is 13.8 Å². The minimum atomic E-state index is -4.14. The van der Waals surface area contributed by atoms with Gasteiger partial charge in [0.2, 0.25) is 10.0 Å². The van der Waals surface area contributed by atoms with Crippen LogP contribution in [-0.4, -0.2) is 30.5 Å². The molecule has 0 aliphatic rings. The summed E-state index contributed by atoms with van der Waals surface area (Å²) in [5.74, 6) is -1.78. The number of rotatable bonds is 6. The third-order valence-electron chi connectivity index (χ3n) is 2.55. The number of nitrogens with zero attached hydrogens (tertiary/aromatic N) is 1. The number of carboxylic acid groups (broad SMARTS) is 1. The van der Waals surface area contributed by atoms with Crippen LogP contribution in [0.1, 0.15) is 13.8 Å². The average Bonchev–Trinajstić information content (AvgIpc) is 2.35. The lowest BCUT2D eigenvalue weighted by Gasteiger charge is -2.17. The second-order valence-corrected chi connectivity index (χ2v) is 6.15. The maximum absolute atomic E-state index is 12.0. The Kier molecular flexibility index (Phi) is 4.79. The van der Waals surface area contributed by atoms with Crippen LogP contribution in [0.2, 0.25) is 0 Å². The molecule has 0 fully saturated rings. The number of nitro groups is 1. The van der Waals surface area contributed by atoms with E-state index in [4.69, 9.17) is 5.11 Å². The first-order valence-corrected chi connectivity index (χ1v) is 7.13. The van der Waals surface area contributed by atoms with Crippen molar-refractivity contribution in [3.8, 4) is 0 Å². The quantitative estimate of drug-likeness (QED) is 0.595. The van der Waals surface area contributed by atoms with Crippen LogP contribution < -0.4 is 4.72 Å². The van der Waals surface area contributed by atoms with Gasteiger partial charge in [0.15, 0.2) is 0 Å². The van der Waals surface area contributed by atoms with E-state index < -0.39 is 32.9 Å². The van der Waals surface area contributed by atoms with Crippen molar-refractivity contribution in [2.24, 2.45) is 5.92 Å². The molecule has 20 heavy (non-hydrogen) atoms. The van der Waals surface area contributed by atoms with Crippen LogP contribution >= 0.6 is 0 Å². The van der Waals surface area contributed by atoms with Crippen LogP contribution in [-0.2, 0) is 14.8 Å². The lowest BCUT2D eigenvalue weighted by molar-refractivity contribution is -0.385. The van der Waals surface area contributed by atoms with Gasteiger partial charge in [0.25, 0.3) is 5.69 Å². The predicted molar refractivity (Wildman–Crippen MR) is 69.7 cm³/mol. The zero-order valence-corrected chi connectivity index (χ0v) is 11.6. The van der Waals surface area contributed by atoms with E-state index in [1.165, 1.54) is 6.07 Å². The largest absolute Gasteiger partial charge is 0.480 e. The summed E-state index contributed by atoms with van der Waals surface area (Å²) in [6.45, 7) is 3.10. The van der Waals surface area contributed by atoms with Gasteiger partial charge in [-0.05, 0) is 12.0 Å². The normalized spacial score (nSPS) is 13.2. The molecule has 0 bridgehead atoms. The van der Waals surface area contributed by atoms with Gasteiger partial charge in [-0.25, -0.2) is 8.42 Å². The van der Waals surface area contributed by atoms with Gasteiger partial charge in [-0.2, -0.15) is 4.72 Å². The summed E-state index contributed by atoms with van der Waals surface area (Å²) in [6, 6.07) is 3.10. The molecule has 8 nitrogen and oxygen atoms in total. The SMILES string of the molecule is CC(C)[C@@H](NS(=O)(=O)c1cccc([N+](=O)[O-])c1)C(=O)O. The molecule has 0 radical (unpaired) electrons. The zero-order chi connectivity index (χ0) is 15.5. The highest BCUT2D eigenvalue weighted by Crippen LogP contribution is 2.18. The minimum Gasteiger partial charge on any atom is -0.480 e. The Labute approximate surface area is 115 Å². The zero-order valence-electron chi connectivity index (χ0n) is 10.8. The fourth-order valence-corrected chi connectivity index (χ4v) is 2.85. The van der Waals surface area contributed by atoms with E-state index in [0.29, 0.717) is 0 Å².